The Bertz CT molecular complexity index is 618. The van der Waals surface area contributed by atoms with Crippen molar-refractivity contribution in [1.29, 1.82) is 0 Å². The standard InChI is InChI=1S/C9H10N2OS2/c1-4-5(2)10-8-7(6(4)12)14-9(13)11(8)3/h1-3H3,(H,10,12). The summed E-state index contributed by atoms with van der Waals surface area (Å²) in [5.74, 6) is 0. The number of aromatic nitrogens is 2. The van der Waals surface area contributed by atoms with E-state index in [-0.39, 0.29) is 5.43 Å². The summed E-state index contributed by atoms with van der Waals surface area (Å²) in [4.78, 5) is 15.0. The number of pyridine rings is 1. The molecule has 0 aliphatic rings. The van der Waals surface area contributed by atoms with Crippen molar-refractivity contribution >= 4 is 33.9 Å². The molecule has 2 heterocycles. The Morgan fingerprint density at radius 2 is 2.07 bits per heavy atom. The number of nitrogens with one attached hydrogen (secondary N) is 1. The van der Waals surface area contributed by atoms with Crippen molar-refractivity contribution in [2.75, 3.05) is 0 Å². The summed E-state index contributed by atoms with van der Waals surface area (Å²) in [5, 5.41) is 0. The number of thiazole rings is 1. The predicted octanol–water partition coefficient (Wildman–Crippen LogP) is 2.27. The molecule has 74 valence electrons. The predicted molar refractivity (Wildman–Crippen MR) is 61.7 cm³/mol. The number of H-pyrrole nitrogens is 1. The largest absolute Gasteiger partial charge is 0.344 e. The molecule has 5 heteroatoms. The lowest BCUT2D eigenvalue weighted by molar-refractivity contribution is 0.934. The molecule has 0 fully saturated rings. The van der Waals surface area contributed by atoms with Gasteiger partial charge in [0.1, 0.15) is 10.3 Å². The van der Waals surface area contributed by atoms with Gasteiger partial charge in [-0.25, -0.2) is 0 Å². The van der Waals surface area contributed by atoms with E-state index in [0.717, 1.165) is 25.6 Å². The molecule has 0 bridgehead atoms. The molecule has 14 heavy (non-hydrogen) atoms. The van der Waals surface area contributed by atoms with Crippen LogP contribution < -0.4 is 5.43 Å². The van der Waals surface area contributed by atoms with Crippen LogP contribution in [0.25, 0.3) is 10.3 Å². The summed E-state index contributed by atoms with van der Waals surface area (Å²) in [6.45, 7) is 3.73. The van der Waals surface area contributed by atoms with Crippen LogP contribution >= 0.6 is 23.6 Å². The van der Waals surface area contributed by atoms with Crippen molar-refractivity contribution in [2.45, 2.75) is 13.8 Å². The Morgan fingerprint density at radius 3 is 2.71 bits per heavy atom. The number of hydrogen-bond acceptors (Lipinski definition) is 3. The Morgan fingerprint density at radius 1 is 1.43 bits per heavy atom. The van der Waals surface area contributed by atoms with Crippen LogP contribution in [-0.2, 0) is 7.05 Å². The maximum atomic E-state index is 11.8. The molecular weight excluding hydrogens is 216 g/mol. The van der Waals surface area contributed by atoms with E-state index in [9.17, 15) is 4.79 Å². The molecule has 2 aromatic rings. The SMILES string of the molecule is Cc1[nH]c2c(sc(=S)n2C)c(=O)c1C. The third-order valence-electron chi connectivity index (χ3n) is 2.43. The Hall–Kier alpha value is -0.940. The van der Waals surface area contributed by atoms with E-state index in [2.05, 4.69) is 4.98 Å². The van der Waals surface area contributed by atoms with E-state index in [1.165, 1.54) is 11.3 Å². The van der Waals surface area contributed by atoms with Gasteiger partial charge in [0.25, 0.3) is 0 Å². The van der Waals surface area contributed by atoms with Gasteiger partial charge in [0.15, 0.2) is 3.95 Å². The van der Waals surface area contributed by atoms with Crippen molar-refractivity contribution in [2.24, 2.45) is 7.05 Å². The zero-order valence-corrected chi connectivity index (χ0v) is 9.80. The lowest BCUT2D eigenvalue weighted by atomic mass is 10.2. The molecule has 0 saturated heterocycles. The Balaban J connectivity index is 3.14. The quantitative estimate of drug-likeness (QED) is 0.700. The second-order valence-electron chi connectivity index (χ2n) is 3.31. The minimum atomic E-state index is 0.0907. The maximum absolute atomic E-state index is 11.8. The van der Waals surface area contributed by atoms with Crippen LogP contribution in [0.5, 0.6) is 0 Å². The van der Waals surface area contributed by atoms with Gasteiger partial charge in [0, 0.05) is 18.3 Å². The first-order valence-corrected chi connectivity index (χ1v) is 5.44. The number of hydrogen-bond donors (Lipinski definition) is 1. The second kappa shape index (κ2) is 3.03. The molecule has 0 unspecified atom stereocenters. The fraction of sp³-hybridized carbons (Fsp3) is 0.333. The average molecular weight is 226 g/mol. The number of aromatic amines is 1. The highest BCUT2D eigenvalue weighted by Gasteiger charge is 2.09. The van der Waals surface area contributed by atoms with Gasteiger partial charge in [-0.1, -0.05) is 11.3 Å². The van der Waals surface area contributed by atoms with Crippen molar-refractivity contribution in [3.8, 4) is 0 Å². The van der Waals surface area contributed by atoms with Crippen molar-refractivity contribution in [3.63, 3.8) is 0 Å². The zero-order valence-electron chi connectivity index (χ0n) is 8.17. The van der Waals surface area contributed by atoms with Crippen LogP contribution in [0.4, 0.5) is 0 Å². The van der Waals surface area contributed by atoms with Gasteiger partial charge in [-0.3, -0.25) is 4.79 Å². The summed E-state index contributed by atoms with van der Waals surface area (Å²) in [6, 6.07) is 0. The summed E-state index contributed by atoms with van der Waals surface area (Å²) < 4.78 is 3.28. The normalized spacial score (nSPS) is 11.1. The zero-order chi connectivity index (χ0) is 10.5. The fourth-order valence-electron chi connectivity index (χ4n) is 1.35. The average Bonchev–Trinajstić information content (AvgIpc) is 2.42. The van der Waals surface area contributed by atoms with Crippen LogP contribution in [0.15, 0.2) is 4.79 Å². The molecular formula is C9H10N2OS2. The molecule has 0 saturated carbocycles. The van der Waals surface area contributed by atoms with E-state index in [1.54, 1.807) is 0 Å². The van der Waals surface area contributed by atoms with Crippen LogP contribution in [0.1, 0.15) is 11.3 Å². The lowest BCUT2D eigenvalue weighted by Crippen LogP contribution is -2.09. The first-order chi connectivity index (χ1) is 6.52. The maximum Gasteiger partial charge on any atom is 0.204 e. The highest BCUT2D eigenvalue weighted by Crippen LogP contribution is 2.18. The molecule has 3 nitrogen and oxygen atoms in total. The summed E-state index contributed by atoms with van der Waals surface area (Å²) in [7, 11) is 1.87. The molecule has 0 spiro atoms. The first-order valence-electron chi connectivity index (χ1n) is 4.21. The van der Waals surface area contributed by atoms with Crippen molar-refractivity contribution in [1.82, 2.24) is 9.55 Å². The fourth-order valence-corrected chi connectivity index (χ4v) is 2.63. The minimum Gasteiger partial charge on any atom is -0.344 e. The summed E-state index contributed by atoms with van der Waals surface area (Å²) in [5.41, 5.74) is 2.60. The van der Waals surface area contributed by atoms with Gasteiger partial charge in [0.05, 0.1) is 0 Å². The van der Waals surface area contributed by atoms with Gasteiger partial charge >= 0.3 is 0 Å². The monoisotopic (exact) mass is 226 g/mol. The molecule has 0 amide bonds. The van der Waals surface area contributed by atoms with Crippen LogP contribution in [0.2, 0.25) is 0 Å². The lowest BCUT2D eigenvalue weighted by Gasteiger charge is -2.01. The minimum absolute atomic E-state index is 0.0907. The molecule has 0 aromatic carbocycles. The van der Waals surface area contributed by atoms with E-state index >= 15 is 0 Å². The number of aryl methyl sites for hydroxylation is 2. The Kier molecular flexibility index (Phi) is 2.08. The molecule has 0 aliphatic carbocycles. The van der Waals surface area contributed by atoms with Crippen molar-refractivity contribution < 1.29 is 0 Å². The van der Waals surface area contributed by atoms with Gasteiger partial charge in [-0.15, -0.1) is 0 Å². The number of fused-ring (bicyclic) bond motifs is 1. The number of nitrogens with zero attached hydrogens (tertiary/aromatic N) is 1. The van der Waals surface area contributed by atoms with E-state index < -0.39 is 0 Å². The third kappa shape index (κ3) is 1.16. The van der Waals surface area contributed by atoms with Gasteiger partial charge in [-0.2, -0.15) is 0 Å². The highest BCUT2D eigenvalue weighted by molar-refractivity contribution is 7.73. The second-order valence-corrected chi connectivity index (χ2v) is 4.95. The summed E-state index contributed by atoms with van der Waals surface area (Å²) >= 11 is 6.49. The van der Waals surface area contributed by atoms with Crippen LogP contribution in [0, 0.1) is 17.8 Å². The smallest absolute Gasteiger partial charge is 0.204 e. The van der Waals surface area contributed by atoms with Crippen LogP contribution in [-0.4, -0.2) is 9.55 Å². The summed E-state index contributed by atoms with van der Waals surface area (Å²) in [6.07, 6.45) is 0. The highest BCUT2D eigenvalue weighted by atomic mass is 32.1. The molecule has 0 aliphatic heterocycles. The van der Waals surface area contributed by atoms with Crippen LogP contribution in [0.3, 0.4) is 0 Å². The van der Waals surface area contributed by atoms with E-state index in [1.807, 2.05) is 25.5 Å². The third-order valence-corrected chi connectivity index (χ3v) is 3.98. The van der Waals surface area contributed by atoms with Crippen molar-refractivity contribution in [3.05, 3.63) is 25.4 Å². The first kappa shape index (κ1) is 9.61. The van der Waals surface area contributed by atoms with Gasteiger partial charge in [0.2, 0.25) is 5.43 Å². The molecule has 2 rings (SSSR count). The molecule has 1 N–H and O–H groups in total. The molecule has 0 atom stereocenters. The molecule has 2 aromatic heterocycles. The molecule has 0 radical (unpaired) electrons. The van der Waals surface area contributed by atoms with Gasteiger partial charge < -0.3 is 9.55 Å². The number of rotatable bonds is 0. The Labute approximate surface area is 90.0 Å². The van der Waals surface area contributed by atoms with E-state index in [4.69, 9.17) is 12.2 Å². The topological polar surface area (TPSA) is 37.8 Å². The van der Waals surface area contributed by atoms with E-state index in [0.29, 0.717) is 0 Å². The van der Waals surface area contributed by atoms with Gasteiger partial charge in [-0.05, 0) is 26.1 Å².